The molecule has 0 atom stereocenters. The van der Waals surface area contributed by atoms with Gasteiger partial charge in [0.1, 0.15) is 0 Å². The predicted octanol–water partition coefficient (Wildman–Crippen LogP) is 5.25. The zero-order valence-electron chi connectivity index (χ0n) is 12.6. The molecule has 0 bridgehead atoms. The molecule has 2 rings (SSSR count). The van der Waals surface area contributed by atoms with Crippen LogP contribution < -0.4 is 5.30 Å². The molecule has 2 aromatic rings. The predicted molar refractivity (Wildman–Crippen MR) is 94.4 cm³/mol. The molecule has 0 fully saturated rings. The summed E-state index contributed by atoms with van der Waals surface area (Å²) < 4.78 is 0. The molecule has 0 radical (unpaired) electrons. The van der Waals surface area contributed by atoms with Crippen molar-refractivity contribution in [1.29, 1.82) is 0 Å². The Labute approximate surface area is 123 Å². The van der Waals surface area contributed by atoms with Gasteiger partial charge in [0.15, 0.2) is 0 Å². The van der Waals surface area contributed by atoms with E-state index in [9.17, 15) is 0 Å². The van der Waals surface area contributed by atoms with E-state index in [0.29, 0.717) is 0 Å². The van der Waals surface area contributed by atoms with E-state index in [1.807, 2.05) is 0 Å². The van der Waals surface area contributed by atoms with Crippen molar-refractivity contribution in [2.75, 3.05) is 12.3 Å². The fourth-order valence-corrected chi connectivity index (χ4v) is 7.96. The minimum atomic E-state index is -2.11. The van der Waals surface area contributed by atoms with Gasteiger partial charge in [0.25, 0.3) is 0 Å². The molecular weight excluding hydrogens is 259 g/mol. The second kappa shape index (κ2) is 5.94. The molecule has 20 heavy (non-hydrogen) atoms. The average Bonchev–Trinajstić information content (AvgIpc) is 2.55. The zero-order valence-corrected chi connectivity index (χ0v) is 13.5. The van der Waals surface area contributed by atoms with E-state index >= 15 is 0 Å². The van der Waals surface area contributed by atoms with Crippen LogP contribution in [-0.4, -0.2) is 12.3 Å². The summed E-state index contributed by atoms with van der Waals surface area (Å²) in [7, 11) is 0. The monoisotopic (exact) mass is 284 g/mol. The Morgan fingerprint density at radius 1 is 0.850 bits per heavy atom. The molecule has 2 aromatic carbocycles. The van der Waals surface area contributed by atoms with Gasteiger partial charge in [-0.1, -0.05) is 0 Å². The zero-order chi connectivity index (χ0) is 14.5. The molecule has 0 saturated heterocycles. The van der Waals surface area contributed by atoms with Gasteiger partial charge in [-0.15, -0.1) is 0 Å². The molecule has 0 N–H and O–H groups in total. The van der Waals surface area contributed by atoms with Gasteiger partial charge in [-0.25, -0.2) is 0 Å². The van der Waals surface area contributed by atoms with Crippen LogP contribution in [0.1, 0.15) is 19.4 Å². The molecule has 0 aliphatic carbocycles. The summed E-state index contributed by atoms with van der Waals surface area (Å²) in [5.41, 5.74) is 1.43. The van der Waals surface area contributed by atoms with Crippen molar-refractivity contribution in [3.8, 4) is 0 Å². The molecular formula is C19H25P. The summed E-state index contributed by atoms with van der Waals surface area (Å²) in [6.45, 7) is 6.83. The van der Waals surface area contributed by atoms with Crippen LogP contribution in [0.2, 0.25) is 0 Å². The van der Waals surface area contributed by atoms with Gasteiger partial charge in [-0.05, 0) is 0 Å². The summed E-state index contributed by atoms with van der Waals surface area (Å²) in [6.07, 6.45) is 3.50. The third kappa shape index (κ3) is 2.45. The van der Waals surface area contributed by atoms with E-state index in [4.69, 9.17) is 0 Å². The van der Waals surface area contributed by atoms with Crippen LogP contribution in [0.3, 0.4) is 0 Å². The third-order valence-electron chi connectivity index (χ3n) is 4.93. The molecule has 0 aliphatic rings. The normalized spacial score (nSPS) is 13.4. The van der Waals surface area contributed by atoms with Crippen LogP contribution in [0, 0.1) is 0 Å². The van der Waals surface area contributed by atoms with E-state index in [1.165, 1.54) is 23.2 Å². The molecule has 0 spiro atoms. The van der Waals surface area contributed by atoms with Gasteiger partial charge in [0, 0.05) is 0 Å². The van der Waals surface area contributed by atoms with Crippen LogP contribution in [0.4, 0.5) is 0 Å². The van der Waals surface area contributed by atoms with E-state index < -0.39 is 6.60 Å². The second-order valence-corrected chi connectivity index (χ2v) is 11.7. The molecule has 0 aliphatic heterocycles. The van der Waals surface area contributed by atoms with Crippen molar-refractivity contribution in [3.05, 3.63) is 78.6 Å². The Bertz CT molecular complexity index is 553. The molecule has 0 aromatic heterocycles. The number of benzene rings is 2. The molecule has 1 heteroatoms. The quantitative estimate of drug-likeness (QED) is 0.636. The minimum absolute atomic E-state index is 1.13. The first-order chi connectivity index (χ1) is 9.69. The van der Waals surface area contributed by atoms with Crippen LogP contribution >= 0.6 is 6.60 Å². The summed E-state index contributed by atoms with van der Waals surface area (Å²) >= 11 is 0. The van der Waals surface area contributed by atoms with E-state index in [1.54, 1.807) is 0 Å². The topological polar surface area (TPSA) is 0 Å². The molecule has 0 unspecified atom stereocenters. The molecule has 0 amide bonds. The van der Waals surface area contributed by atoms with E-state index in [2.05, 4.69) is 86.9 Å². The van der Waals surface area contributed by atoms with Crippen molar-refractivity contribution in [2.45, 2.75) is 20.0 Å². The first-order valence-electron chi connectivity index (χ1n) is 7.43. The summed E-state index contributed by atoms with van der Waals surface area (Å²) in [6, 6.07) is 21.9. The van der Waals surface area contributed by atoms with Crippen LogP contribution in [0.25, 0.3) is 0 Å². The number of rotatable bonds is 6. The summed E-state index contributed by atoms with van der Waals surface area (Å²) in [5.74, 6) is 2.31. The van der Waals surface area contributed by atoms with Crippen LogP contribution in [0.15, 0.2) is 73.1 Å². The number of hydrogen-bond acceptors (Lipinski definition) is 0. The summed E-state index contributed by atoms with van der Waals surface area (Å²) in [4.78, 5) is 0. The van der Waals surface area contributed by atoms with Crippen molar-refractivity contribution in [3.63, 3.8) is 0 Å². The molecule has 106 valence electrons. The van der Waals surface area contributed by atoms with Gasteiger partial charge in [0.2, 0.25) is 0 Å². The maximum atomic E-state index is 4.28. The van der Waals surface area contributed by atoms with Gasteiger partial charge >= 0.3 is 123 Å². The third-order valence-corrected chi connectivity index (χ3v) is 11.9. The Kier molecular flexibility index (Phi) is 4.45. The molecule has 0 nitrogen and oxygen atoms in total. The Morgan fingerprint density at radius 2 is 1.35 bits per heavy atom. The SMILES string of the molecule is C=CP(CC)(CC)(Cc1ccccc1)c1ccccc1. The number of hydrogen-bond donors (Lipinski definition) is 0. The Balaban J connectivity index is 2.58. The first-order valence-corrected chi connectivity index (χ1v) is 10.3. The fourth-order valence-electron chi connectivity index (χ4n) is 3.20. The fraction of sp³-hybridized carbons (Fsp3) is 0.263. The van der Waals surface area contributed by atoms with Crippen molar-refractivity contribution in [1.82, 2.24) is 0 Å². The maximum absolute atomic E-state index is 4.28. The molecule has 0 heterocycles. The summed E-state index contributed by atoms with van der Waals surface area (Å²) in [5, 5.41) is 1.50. The Hall–Kier alpha value is -1.39. The van der Waals surface area contributed by atoms with E-state index in [-0.39, 0.29) is 0 Å². The van der Waals surface area contributed by atoms with Crippen molar-refractivity contribution in [2.24, 2.45) is 0 Å². The Morgan fingerprint density at radius 3 is 1.80 bits per heavy atom. The van der Waals surface area contributed by atoms with Gasteiger partial charge < -0.3 is 0 Å². The first kappa shape index (κ1) is 15.0. The van der Waals surface area contributed by atoms with Gasteiger partial charge in [-0.2, -0.15) is 0 Å². The van der Waals surface area contributed by atoms with Crippen LogP contribution in [0.5, 0.6) is 0 Å². The standard InChI is InChI=1S/C19H25P/c1-4-20(5-2,6-3,19-15-11-8-12-16-19)17-18-13-9-7-10-14-18/h4,7-16H,1,5-6,17H2,2-3H3. The second-order valence-electron chi connectivity index (χ2n) is 5.62. The van der Waals surface area contributed by atoms with Gasteiger partial charge in [0.05, 0.1) is 0 Å². The van der Waals surface area contributed by atoms with Crippen molar-refractivity contribution >= 4 is 11.9 Å². The molecule has 0 saturated carbocycles. The average molecular weight is 284 g/mol. The van der Waals surface area contributed by atoms with E-state index in [0.717, 1.165) is 6.16 Å². The van der Waals surface area contributed by atoms with Crippen LogP contribution in [-0.2, 0) is 6.16 Å². The van der Waals surface area contributed by atoms with Gasteiger partial charge in [-0.3, -0.25) is 0 Å². The van der Waals surface area contributed by atoms with Crippen molar-refractivity contribution < 1.29 is 0 Å².